The van der Waals surface area contributed by atoms with Crippen LogP contribution in [0, 0.1) is 0 Å². The molecule has 0 fully saturated rings. The fourth-order valence-corrected chi connectivity index (χ4v) is 2.02. The number of nitrogens with zero attached hydrogens (tertiary/aromatic N) is 1. The highest BCUT2D eigenvalue weighted by atomic mass is 16.5. The van der Waals surface area contributed by atoms with Crippen molar-refractivity contribution in [3.8, 4) is 11.5 Å². The molecule has 1 unspecified atom stereocenters. The zero-order valence-corrected chi connectivity index (χ0v) is 12.3. The molecule has 108 valence electrons. The lowest BCUT2D eigenvalue weighted by molar-refractivity contribution is 0.280. The molecule has 1 N–H and O–H groups in total. The quantitative estimate of drug-likeness (QED) is 0.843. The van der Waals surface area contributed by atoms with Crippen molar-refractivity contribution in [2.45, 2.75) is 19.5 Å². The van der Waals surface area contributed by atoms with E-state index in [1.165, 1.54) is 5.56 Å². The minimum absolute atomic E-state index is 0.367. The number of hydrogen-bond acceptors (Lipinski definition) is 3. The average Bonchev–Trinajstić information content (AvgIpc) is 2.96. The Labute approximate surface area is 120 Å². The predicted octanol–water partition coefficient (Wildman–Crippen LogP) is 2.86. The lowest BCUT2D eigenvalue weighted by Gasteiger charge is -2.11. The molecule has 1 aromatic carbocycles. The molecule has 0 aliphatic carbocycles. The van der Waals surface area contributed by atoms with Crippen LogP contribution in [0.1, 0.15) is 18.5 Å². The molecule has 2 aromatic rings. The number of ether oxygens (including phenoxy) is 2. The number of methoxy groups -OCH3 is 1. The minimum atomic E-state index is 0.367. The Morgan fingerprint density at radius 2 is 1.95 bits per heavy atom. The van der Waals surface area contributed by atoms with Crippen molar-refractivity contribution in [1.29, 1.82) is 0 Å². The summed E-state index contributed by atoms with van der Waals surface area (Å²) in [6.07, 6.45) is 4.22. The Kier molecular flexibility index (Phi) is 5.07. The molecule has 0 saturated carbocycles. The normalized spacial score (nSPS) is 12.2. The van der Waals surface area contributed by atoms with E-state index >= 15 is 0 Å². The number of para-hydroxylation sites is 2. The SMILES string of the molecule is CNC(C)c1ccn(CCOc2ccccc2OC)c1. The molecule has 2 rings (SSSR count). The summed E-state index contributed by atoms with van der Waals surface area (Å²) in [5, 5.41) is 3.23. The van der Waals surface area contributed by atoms with Gasteiger partial charge in [-0.15, -0.1) is 0 Å². The fourth-order valence-electron chi connectivity index (χ4n) is 2.02. The molecule has 1 heterocycles. The first-order valence-corrected chi connectivity index (χ1v) is 6.83. The minimum Gasteiger partial charge on any atom is -0.493 e. The van der Waals surface area contributed by atoms with E-state index in [0.717, 1.165) is 18.0 Å². The third-order valence-corrected chi connectivity index (χ3v) is 3.38. The van der Waals surface area contributed by atoms with Crippen LogP contribution >= 0.6 is 0 Å². The van der Waals surface area contributed by atoms with Crippen LogP contribution < -0.4 is 14.8 Å². The molecule has 0 spiro atoms. The zero-order chi connectivity index (χ0) is 14.4. The summed E-state index contributed by atoms with van der Waals surface area (Å²) in [7, 11) is 3.62. The van der Waals surface area contributed by atoms with Gasteiger partial charge in [-0.05, 0) is 37.7 Å². The summed E-state index contributed by atoms with van der Waals surface area (Å²) < 4.78 is 13.2. The van der Waals surface area contributed by atoms with Crippen LogP contribution in [0.3, 0.4) is 0 Å². The summed E-state index contributed by atoms with van der Waals surface area (Å²) in [6, 6.07) is 10.2. The van der Waals surface area contributed by atoms with E-state index in [9.17, 15) is 0 Å². The Bertz CT molecular complexity index is 537. The molecule has 0 aliphatic heterocycles. The molecule has 0 radical (unpaired) electrons. The van der Waals surface area contributed by atoms with Gasteiger partial charge in [0, 0.05) is 18.4 Å². The van der Waals surface area contributed by atoms with Crippen LogP contribution in [0.5, 0.6) is 11.5 Å². The summed E-state index contributed by atoms with van der Waals surface area (Å²) in [5.74, 6) is 1.55. The van der Waals surface area contributed by atoms with Gasteiger partial charge < -0.3 is 19.4 Å². The molecular formula is C16H22N2O2. The van der Waals surface area contributed by atoms with Gasteiger partial charge in [0.2, 0.25) is 0 Å². The first-order valence-electron chi connectivity index (χ1n) is 6.83. The van der Waals surface area contributed by atoms with Gasteiger partial charge in [0.05, 0.1) is 13.7 Å². The Morgan fingerprint density at radius 3 is 2.65 bits per heavy atom. The third kappa shape index (κ3) is 3.54. The van der Waals surface area contributed by atoms with Gasteiger partial charge in [0.15, 0.2) is 11.5 Å². The standard InChI is InChI=1S/C16H22N2O2/c1-13(17-2)14-8-9-18(12-14)10-11-20-16-7-5-4-6-15(16)19-3/h4-9,12-13,17H,10-11H2,1-3H3. The van der Waals surface area contributed by atoms with Crippen LogP contribution in [0.2, 0.25) is 0 Å². The van der Waals surface area contributed by atoms with Crippen LogP contribution in [-0.4, -0.2) is 25.3 Å². The summed E-state index contributed by atoms with van der Waals surface area (Å²) in [6.45, 7) is 3.57. The van der Waals surface area contributed by atoms with E-state index < -0.39 is 0 Å². The number of aromatic nitrogens is 1. The highest BCUT2D eigenvalue weighted by Gasteiger charge is 2.05. The van der Waals surface area contributed by atoms with Crippen LogP contribution in [-0.2, 0) is 6.54 Å². The molecule has 4 nitrogen and oxygen atoms in total. The van der Waals surface area contributed by atoms with Crippen molar-refractivity contribution in [2.75, 3.05) is 20.8 Å². The van der Waals surface area contributed by atoms with E-state index in [1.807, 2.05) is 31.3 Å². The number of rotatable bonds is 7. The highest BCUT2D eigenvalue weighted by Crippen LogP contribution is 2.25. The first-order chi connectivity index (χ1) is 9.74. The average molecular weight is 274 g/mol. The van der Waals surface area contributed by atoms with Gasteiger partial charge in [-0.2, -0.15) is 0 Å². The Balaban J connectivity index is 1.88. The van der Waals surface area contributed by atoms with Crippen molar-refractivity contribution in [3.63, 3.8) is 0 Å². The van der Waals surface area contributed by atoms with E-state index in [4.69, 9.17) is 9.47 Å². The lowest BCUT2D eigenvalue weighted by Crippen LogP contribution is -2.12. The zero-order valence-electron chi connectivity index (χ0n) is 12.3. The van der Waals surface area contributed by atoms with Gasteiger partial charge in [0.1, 0.15) is 6.61 Å². The maximum atomic E-state index is 5.77. The van der Waals surface area contributed by atoms with Crippen LogP contribution in [0.4, 0.5) is 0 Å². The van der Waals surface area contributed by atoms with Crippen molar-refractivity contribution >= 4 is 0 Å². The third-order valence-electron chi connectivity index (χ3n) is 3.38. The van der Waals surface area contributed by atoms with E-state index in [2.05, 4.69) is 35.3 Å². The molecule has 0 bridgehead atoms. The second kappa shape index (κ2) is 7.01. The summed E-state index contributed by atoms with van der Waals surface area (Å²) in [5.41, 5.74) is 1.28. The summed E-state index contributed by atoms with van der Waals surface area (Å²) >= 11 is 0. The predicted molar refractivity (Wildman–Crippen MR) is 80.4 cm³/mol. The molecule has 4 heteroatoms. The monoisotopic (exact) mass is 274 g/mol. The van der Waals surface area contributed by atoms with Gasteiger partial charge >= 0.3 is 0 Å². The molecule has 1 atom stereocenters. The fraction of sp³-hybridized carbons (Fsp3) is 0.375. The van der Waals surface area contributed by atoms with Crippen LogP contribution in [0.25, 0.3) is 0 Å². The lowest BCUT2D eigenvalue weighted by atomic mass is 10.2. The second-order valence-electron chi connectivity index (χ2n) is 4.69. The number of nitrogens with one attached hydrogen (secondary N) is 1. The van der Waals surface area contributed by atoms with E-state index in [0.29, 0.717) is 12.6 Å². The molecule has 20 heavy (non-hydrogen) atoms. The van der Waals surface area contributed by atoms with Crippen molar-refractivity contribution < 1.29 is 9.47 Å². The van der Waals surface area contributed by atoms with Crippen LogP contribution in [0.15, 0.2) is 42.7 Å². The number of hydrogen-bond donors (Lipinski definition) is 1. The smallest absolute Gasteiger partial charge is 0.161 e. The summed E-state index contributed by atoms with van der Waals surface area (Å²) in [4.78, 5) is 0. The first kappa shape index (κ1) is 14.5. The maximum absolute atomic E-state index is 5.77. The topological polar surface area (TPSA) is 35.4 Å². The van der Waals surface area contributed by atoms with Gasteiger partial charge in [-0.1, -0.05) is 12.1 Å². The molecule has 1 aromatic heterocycles. The molecule has 0 aliphatic rings. The van der Waals surface area contributed by atoms with Gasteiger partial charge in [0.25, 0.3) is 0 Å². The molecule has 0 saturated heterocycles. The second-order valence-corrected chi connectivity index (χ2v) is 4.69. The Hall–Kier alpha value is -1.94. The molecular weight excluding hydrogens is 252 g/mol. The molecule has 0 amide bonds. The van der Waals surface area contributed by atoms with E-state index in [-0.39, 0.29) is 0 Å². The maximum Gasteiger partial charge on any atom is 0.161 e. The van der Waals surface area contributed by atoms with E-state index in [1.54, 1.807) is 7.11 Å². The highest BCUT2D eigenvalue weighted by molar-refractivity contribution is 5.39. The van der Waals surface area contributed by atoms with Crippen molar-refractivity contribution in [2.24, 2.45) is 0 Å². The van der Waals surface area contributed by atoms with Crippen molar-refractivity contribution in [1.82, 2.24) is 9.88 Å². The van der Waals surface area contributed by atoms with Gasteiger partial charge in [-0.25, -0.2) is 0 Å². The van der Waals surface area contributed by atoms with Gasteiger partial charge in [-0.3, -0.25) is 0 Å². The largest absolute Gasteiger partial charge is 0.493 e. The van der Waals surface area contributed by atoms with Crippen molar-refractivity contribution in [3.05, 3.63) is 48.3 Å². The number of benzene rings is 1. The Morgan fingerprint density at radius 1 is 1.20 bits per heavy atom.